The second kappa shape index (κ2) is 7.25. The second-order valence-corrected chi connectivity index (χ2v) is 4.85. The van der Waals surface area contributed by atoms with E-state index in [0.29, 0.717) is 13.2 Å². The van der Waals surface area contributed by atoms with Gasteiger partial charge in [-0.3, -0.25) is 10.2 Å². The van der Waals surface area contributed by atoms with Gasteiger partial charge < -0.3 is 4.74 Å². The number of nitrogens with one attached hydrogen (secondary N) is 1. The molecule has 0 bridgehead atoms. The fourth-order valence-corrected chi connectivity index (χ4v) is 2.09. The summed E-state index contributed by atoms with van der Waals surface area (Å²) in [7, 11) is 5.53. The molecule has 2 unspecified atom stereocenters. The lowest BCUT2D eigenvalue weighted by Crippen LogP contribution is -2.50. The highest BCUT2D eigenvalue weighted by molar-refractivity contribution is 5.31. The zero-order valence-electron chi connectivity index (χ0n) is 12.2. The average molecular weight is 261 g/mol. The first kappa shape index (κ1) is 15.6. The van der Waals surface area contributed by atoms with E-state index >= 15 is 0 Å². The second-order valence-electron chi connectivity index (χ2n) is 4.85. The molecule has 0 aliphatic carbocycles. The highest BCUT2D eigenvalue weighted by atomic mass is 16.5. The Morgan fingerprint density at radius 1 is 1.42 bits per heavy atom. The minimum atomic E-state index is -0.696. The summed E-state index contributed by atoms with van der Waals surface area (Å²) in [6, 6.07) is 12.5. The number of nitrogens with zero attached hydrogens (tertiary/aromatic N) is 2. The molecule has 1 aromatic carbocycles. The van der Waals surface area contributed by atoms with E-state index in [0.717, 1.165) is 5.56 Å². The smallest absolute Gasteiger partial charge is 0.144 e. The van der Waals surface area contributed by atoms with Gasteiger partial charge in [0.2, 0.25) is 0 Å². The largest absolute Gasteiger partial charge is 0.383 e. The lowest BCUT2D eigenvalue weighted by Gasteiger charge is -2.34. The van der Waals surface area contributed by atoms with Crippen molar-refractivity contribution in [2.24, 2.45) is 0 Å². The summed E-state index contributed by atoms with van der Waals surface area (Å²) >= 11 is 0. The molecule has 1 aromatic rings. The Morgan fingerprint density at radius 3 is 2.53 bits per heavy atom. The maximum atomic E-state index is 9.62. The van der Waals surface area contributed by atoms with Crippen molar-refractivity contribution < 1.29 is 4.74 Å². The summed E-state index contributed by atoms with van der Waals surface area (Å²) < 4.78 is 5.17. The molecule has 0 aliphatic heterocycles. The minimum Gasteiger partial charge on any atom is -0.383 e. The van der Waals surface area contributed by atoms with E-state index in [-0.39, 0.29) is 6.04 Å². The fourth-order valence-electron chi connectivity index (χ4n) is 2.09. The third-order valence-corrected chi connectivity index (χ3v) is 3.53. The highest BCUT2D eigenvalue weighted by Crippen LogP contribution is 2.21. The summed E-state index contributed by atoms with van der Waals surface area (Å²) in [5, 5.41) is 12.8. The van der Waals surface area contributed by atoms with Crippen LogP contribution in [0.3, 0.4) is 0 Å². The van der Waals surface area contributed by atoms with E-state index < -0.39 is 5.54 Å². The summed E-state index contributed by atoms with van der Waals surface area (Å²) in [5.41, 5.74) is 0.286. The van der Waals surface area contributed by atoms with Gasteiger partial charge in [-0.25, -0.2) is 0 Å². The van der Waals surface area contributed by atoms with Gasteiger partial charge in [-0.2, -0.15) is 5.26 Å². The van der Waals surface area contributed by atoms with E-state index in [1.807, 2.05) is 44.4 Å². The van der Waals surface area contributed by atoms with E-state index in [9.17, 15) is 5.26 Å². The standard InChI is InChI=1S/C15H23N3O/c1-13(10-19-4)18(3)12-15(11-16,17-2)14-8-6-5-7-9-14/h5-9,13,17H,10,12H2,1-4H3. The Balaban J connectivity index is 2.93. The Hall–Kier alpha value is -1.41. The number of methoxy groups -OCH3 is 1. The maximum absolute atomic E-state index is 9.62. The summed E-state index contributed by atoms with van der Waals surface area (Å²) in [4.78, 5) is 2.14. The SMILES string of the molecule is CNC(C#N)(CN(C)C(C)COC)c1ccccc1. The van der Waals surface area contributed by atoms with Crippen LogP contribution < -0.4 is 5.32 Å². The Morgan fingerprint density at radius 2 is 2.05 bits per heavy atom. The van der Waals surface area contributed by atoms with E-state index in [1.165, 1.54) is 0 Å². The van der Waals surface area contributed by atoms with Crippen LogP contribution in [0, 0.1) is 11.3 Å². The number of ether oxygens (including phenoxy) is 1. The van der Waals surface area contributed by atoms with Gasteiger partial charge in [0.05, 0.1) is 12.7 Å². The molecule has 4 nitrogen and oxygen atoms in total. The number of benzene rings is 1. The first-order valence-electron chi connectivity index (χ1n) is 6.44. The topological polar surface area (TPSA) is 48.3 Å². The molecule has 0 saturated heterocycles. The molecule has 0 amide bonds. The van der Waals surface area contributed by atoms with Crippen LogP contribution in [0.2, 0.25) is 0 Å². The molecule has 1 rings (SSSR count). The molecule has 0 saturated carbocycles. The predicted molar refractivity (Wildman–Crippen MR) is 76.8 cm³/mol. The van der Waals surface area contributed by atoms with E-state index in [2.05, 4.69) is 23.2 Å². The van der Waals surface area contributed by atoms with Gasteiger partial charge in [0.1, 0.15) is 5.54 Å². The van der Waals surface area contributed by atoms with Gasteiger partial charge in [0.15, 0.2) is 0 Å². The van der Waals surface area contributed by atoms with Crippen LogP contribution in [0.15, 0.2) is 30.3 Å². The van der Waals surface area contributed by atoms with Crippen molar-refractivity contribution in [1.82, 2.24) is 10.2 Å². The van der Waals surface area contributed by atoms with E-state index in [4.69, 9.17) is 4.74 Å². The van der Waals surface area contributed by atoms with Crippen LogP contribution in [0.25, 0.3) is 0 Å². The van der Waals surface area contributed by atoms with Gasteiger partial charge in [0.25, 0.3) is 0 Å². The molecule has 19 heavy (non-hydrogen) atoms. The minimum absolute atomic E-state index is 0.259. The molecule has 0 spiro atoms. The summed E-state index contributed by atoms with van der Waals surface area (Å²) in [6.45, 7) is 3.34. The van der Waals surface area contributed by atoms with E-state index in [1.54, 1.807) is 7.11 Å². The normalized spacial score (nSPS) is 15.8. The van der Waals surface area contributed by atoms with Crippen LogP contribution in [-0.2, 0) is 10.3 Å². The first-order chi connectivity index (χ1) is 9.09. The van der Waals surface area contributed by atoms with Gasteiger partial charge in [-0.1, -0.05) is 30.3 Å². The molecular weight excluding hydrogens is 238 g/mol. The molecule has 0 aliphatic rings. The molecule has 0 fully saturated rings. The molecule has 0 radical (unpaired) electrons. The van der Waals surface area contributed by atoms with Gasteiger partial charge in [-0.15, -0.1) is 0 Å². The fraction of sp³-hybridized carbons (Fsp3) is 0.533. The number of hydrogen-bond donors (Lipinski definition) is 1. The van der Waals surface area contributed by atoms with Gasteiger partial charge >= 0.3 is 0 Å². The summed E-state index contributed by atoms with van der Waals surface area (Å²) in [5.74, 6) is 0. The lowest BCUT2D eigenvalue weighted by molar-refractivity contribution is 0.103. The number of likely N-dealkylation sites (N-methyl/N-ethyl adjacent to an activating group) is 2. The highest BCUT2D eigenvalue weighted by Gasteiger charge is 2.32. The van der Waals surface area contributed by atoms with Crippen molar-refractivity contribution in [3.05, 3.63) is 35.9 Å². The average Bonchev–Trinajstić information content (AvgIpc) is 2.46. The Labute approximate surface area is 116 Å². The van der Waals surface area contributed by atoms with Crippen molar-refractivity contribution in [3.8, 4) is 6.07 Å². The predicted octanol–water partition coefficient (Wildman–Crippen LogP) is 1.59. The van der Waals surface area contributed by atoms with Gasteiger partial charge in [-0.05, 0) is 26.6 Å². The van der Waals surface area contributed by atoms with Crippen LogP contribution in [0.4, 0.5) is 0 Å². The molecule has 1 N–H and O–H groups in total. The van der Waals surface area contributed by atoms with Crippen LogP contribution in [-0.4, -0.2) is 45.3 Å². The van der Waals surface area contributed by atoms with Crippen molar-refractivity contribution in [3.63, 3.8) is 0 Å². The first-order valence-corrected chi connectivity index (χ1v) is 6.44. The monoisotopic (exact) mass is 261 g/mol. The van der Waals surface area contributed by atoms with Gasteiger partial charge in [0, 0.05) is 19.7 Å². The van der Waals surface area contributed by atoms with Crippen LogP contribution in [0.1, 0.15) is 12.5 Å². The third-order valence-electron chi connectivity index (χ3n) is 3.53. The molecule has 2 atom stereocenters. The quantitative estimate of drug-likeness (QED) is 0.810. The van der Waals surface area contributed by atoms with Crippen molar-refractivity contribution in [1.29, 1.82) is 5.26 Å². The van der Waals surface area contributed by atoms with Crippen molar-refractivity contribution in [2.75, 3.05) is 34.4 Å². The lowest BCUT2D eigenvalue weighted by atomic mass is 9.90. The zero-order chi connectivity index (χ0) is 14.3. The van der Waals surface area contributed by atoms with Crippen LogP contribution in [0.5, 0.6) is 0 Å². The zero-order valence-corrected chi connectivity index (χ0v) is 12.2. The Bertz CT molecular complexity index is 415. The van der Waals surface area contributed by atoms with Crippen molar-refractivity contribution in [2.45, 2.75) is 18.5 Å². The Kier molecular flexibility index (Phi) is 5.97. The van der Waals surface area contributed by atoms with Crippen molar-refractivity contribution >= 4 is 0 Å². The number of rotatable bonds is 7. The molecular formula is C15H23N3O. The number of hydrogen-bond acceptors (Lipinski definition) is 4. The molecule has 0 aromatic heterocycles. The number of nitriles is 1. The third kappa shape index (κ3) is 3.77. The molecule has 0 heterocycles. The molecule has 104 valence electrons. The molecule has 4 heteroatoms. The van der Waals surface area contributed by atoms with Crippen LogP contribution >= 0.6 is 0 Å². The maximum Gasteiger partial charge on any atom is 0.144 e. The summed E-state index contributed by atoms with van der Waals surface area (Å²) in [6.07, 6.45) is 0.